The van der Waals surface area contributed by atoms with Gasteiger partial charge in [-0.1, -0.05) is 63.8 Å². The minimum Gasteiger partial charge on any atom is -0.0590 e. The van der Waals surface area contributed by atoms with Gasteiger partial charge in [0.2, 0.25) is 0 Å². The molecule has 0 radical (unpaired) electrons. The number of hydrogen-bond acceptors (Lipinski definition) is 0. The fourth-order valence-electron chi connectivity index (χ4n) is 3.12. The van der Waals surface area contributed by atoms with Gasteiger partial charge in [-0.2, -0.15) is 0 Å². The lowest BCUT2D eigenvalue weighted by atomic mass is 9.75. The van der Waals surface area contributed by atoms with E-state index in [9.17, 15) is 0 Å². The lowest BCUT2D eigenvalue weighted by Gasteiger charge is -2.30. The molecule has 1 fully saturated rings. The molecular weight excluding hydrogens is 204 g/mol. The Bertz CT molecular complexity index is 376. The lowest BCUT2D eigenvalue weighted by Crippen LogP contribution is -2.17. The Morgan fingerprint density at radius 1 is 1.00 bits per heavy atom. The van der Waals surface area contributed by atoms with Crippen LogP contribution in [0.3, 0.4) is 0 Å². The van der Waals surface area contributed by atoms with Crippen molar-refractivity contribution in [2.24, 2.45) is 0 Å². The molecule has 1 aliphatic rings. The molecule has 0 heteroatoms. The summed E-state index contributed by atoms with van der Waals surface area (Å²) in [5.74, 6) is 0.817. The Labute approximate surface area is 106 Å². The maximum absolute atomic E-state index is 2.44. The van der Waals surface area contributed by atoms with E-state index in [1.807, 2.05) is 0 Å². The van der Waals surface area contributed by atoms with Crippen molar-refractivity contribution in [2.75, 3.05) is 0 Å². The molecule has 0 aromatic heterocycles. The van der Waals surface area contributed by atoms with Crippen LogP contribution >= 0.6 is 0 Å². The van der Waals surface area contributed by atoms with E-state index in [1.165, 1.54) is 37.7 Å². The Balaban J connectivity index is 2.39. The van der Waals surface area contributed by atoms with Gasteiger partial charge in [0.05, 0.1) is 0 Å². The molecular formula is C17H26. The third-order valence-corrected chi connectivity index (χ3v) is 4.06. The highest BCUT2D eigenvalue weighted by atomic mass is 14.3. The van der Waals surface area contributed by atoms with E-state index in [0.717, 1.165) is 5.92 Å². The average molecular weight is 230 g/mol. The molecule has 0 nitrogen and oxygen atoms in total. The number of benzene rings is 1. The zero-order chi connectivity index (χ0) is 12.5. The summed E-state index contributed by atoms with van der Waals surface area (Å²) in [6.07, 6.45) is 7.07. The molecule has 0 N–H and O–H groups in total. The highest BCUT2D eigenvalue weighted by Gasteiger charge is 2.24. The van der Waals surface area contributed by atoms with Gasteiger partial charge in [0.15, 0.2) is 0 Å². The van der Waals surface area contributed by atoms with Gasteiger partial charge in [-0.05, 0) is 42.2 Å². The monoisotopic (exact) mass is 230 g/mol. The Morgan fingerprint density at radius 3 is 2.24 bits per heavy atom. The molecule has 0 atom stereocenters. The predicted molar refractivity (Wildman–Crippen MR) is 75.7 cm³/mol. The quantitative estimate of drug-likeness (QED) is 0.611. The highest BCUT2D eigenvalue weighted by molar-refractivity contribution is 5.38. The van der Waals surface area contributed by atoms with E-state index in [0.29, 0.717) is 0 Å². The van der Waals surface area contributed by atoms with Crippen molar-refractivity contribution >= 4 is 0 Å². The average Bonchev–Trinajstić information content (AvgIpc) is 2.28. The number of rotatable bonds is 1. The Morgan fingerprint density at radius 2 is 1.65 bits per heavy atom. The molecule has 0 heterocycles. The molecule has 17 heavy (non-hydrogen) atoms. The summed E-state index contributed by atoms with van der Waals surface area (Å²) in [7, 11) is 0. The fraction of sp³-hybridized carbons (Fsp3) is 0.647. The van der Waals surface area contributed by atoms with Gasteiger partial charge < -0.3 is 0 Å². The van der Waals surface area contributed by atoms with Crippen LogP contribution in [-0.2, 0) is 5.41 Å². The lowest BCUT2D eigenvalue weighted by molar-refractivity contribution is 0.435. The van der Waals surface area contributed by atoms with Crippen molar-refractivity contribution in [1.29, 1.82) is 0 Å². The molecule has 2 rings (SSSR count). The number of hydrogen-bond donors (Lipinski definition) is 0. The molecule has 0 saturated heterocycles. The van der Waals surface area contributed by atoms with Crippen LogP contribution in [0.25, 0.3) is 0 Å². The molecule has 1 aromatic rings. The third kappa shape index (κ3) is 2.91. The van der Waals surface area contributed by atoms with Crippen LogP contribution in [0.5, 0.6) is 0 Å². The summed E-state index contributed by atoms with van der Waals surface area (Å²) >= 11 is 0. The van der Waals surface area contributed by atoms with Gasteiger partial charge >= 0.3 is 0 Å². The summed E-state index contributed by atoms with van der Waals surface area (Å²) < 4.78 is 0. The molecule has 0 amide bonds. The zero-order valence-electron chi connectivity index (χ0n) is 11.8. The minimum absolute atomic E-state index is 0.278. The van der Waals surface area contributed by atoms with Crippen LogP contribution in [0.1, 0.15) is 75.5 Å². The van der Waals surface area contributed by atoms with Gasteiger partial charge in [-0.25, -0.2) is 0 Å². The van der Waals surface area contributed by atoms with E-state index in [2.05, 4.69) is 45.9 Å². The molecule has 0 bridgehead atoms. The summed E-state index contributed by atoms with van der Waals surface area (Å²) in [4.78, 5) is 0. The smallest absolute Gasteiger partial charge is 0.0129 e. The minimum atomic E-state index is 0.278. The molecule has 1 saturated carbocycles. The van der Waals surface area contributed by atoms with Gasteiger partial charge in [0, 0.05) is 0 Å². The first-order valence-corrected chi connectivity index (χ1v) is 7.09. The zero-order valence-corrected chi connectivity index (χ0v) is 11.8. The molecule has 1 aromatic carbocycles. The Kier molecular flexibility index (Phi) is 3.61. The van der Waals surface area contributed by atoms with Crippen LogP contribution in [0, 0.1) is 6.92 Å². The normalized spacial score (nSPS) is 18.4. The summed E-state index contributed by atoms with van der Waals surface area (Å²) in [6, 6.07) is 7.07. The third-order valence-electron chi connectivity index (χ3n) is 4.06. The van der Waals surface area contributed by atoms with Crippen LogP contribution in [0.4, 0.5) is 0 Å². The summed E-state index contributed by atoms with van der Waals surface area (Å²) in [6.45, 7) is 9.23. The van der Waals surface area contributed by atoms with Crippen LogP contribution in [-0.4, -0.2) is 0 Å². The molecule has 0 spiro atoms. The second-order valence-electron chi connectivity index (χ2n) is 6.68. The fourth-order valence-corrected chi connectivity index (χ4v) is 3.12. The van der Waals surface area contributed by atoms with Crippen molar-refractivity contribution in [3.05, 3.63) is 34.9 Å². The predicted octanol–water partition coefficient (Wildman–Crippen LogP) is 5.34. The van der Waals surface area contributed by atoms with E-state index in [-0.39, 0.29) is 5.41 Å². The van der Waals surface area contributed by atoms with Gasteiger partial charge in [-0.3, -0.25) is 0 Å². The summed E-state index contributed by atoms with van der Waals surface area (Å²) in [5, 5.41) is 0. The van der Waals surface area contributed by atoms with Crippen LogP contribution < -0.4 is 0 Å². The first-order valence-electron chi connectivity index (χ1n) is 7.09. The largest absolute Gasteiger partial charge is 0.0590 e. The highest BCUT2D eigenvalue weighted by Crippen LogP contribution is 2.38. The van der Waals surface area contributed by atoms with E-state index < -0.39 is 0 Å². The van der Waals surface area contributed by atoms with E-state index in [4.69, 9.17) is 0 Å². The number of aryl methyl sites for hydroxylation is 1. The van der Waals surface area contributed by atoms with Gasteiger partial charge in [0.25, 0.3) is 0 Å². The second kappa shape index (κ2) is 4.84. The van der Waals surface area contributed by atoms with Crippen molar-refractivity contribution in [3.8, 4) is 0 Å². The van der Waals surface area contributed by atoms with Gasteiger partial charge in [-0.15, -0.1) is 0 Å². The maximum atomic E-state index is 2.44. The van der Waals surface area contributed by atoms with Crippen LogP contribution in [0.15, 0.2) is 18.2 Å². The van der Waals surface area contributed by atoms with Crippen molar-refractivity contribution in [1.82, 2.24) is 0 Å². The summed E-state index contributed by atoms with van der Waals surface area (Å²) in [5.41, 5.74) is 4.89. The van der Waals surface area contributed by atoms with Gasteiger partial charge in [0.1, 0.15) is 0 Å². The van der Waals surface area contributed by atoms with Crippen LogP contribution in [0.2, 0.25) is 0 Å². The van der Waals surface area contributed by atoms with Crippen molar-refractivity contribution in [2.45, 2.75) is 71.1 Å². The topological polar surface area (TPSA) is 0 Å². The SMILES string of the molecule is Cc1ccc(C(C)(C)C)c(C2CCCCC2)c1. The standard InChI is InChI=1S/C17H26/c1-13-10-11-16(17(2,3)4)15(12-13)14-8-6-5-7-9-14/h10-12,14H,5-9H2,1-4H3. The van der Waals surface area contributed by atoms with E-state index >= 15 is 0 Å². The molecule has 1 aliphatic carbocycles. The van der Waals surface area contributed by atoms with Crippen molar-refractivity contribution < 1.29 is 0 Å². The molecule has 94 valence electrons. The first kappa shape index (κ1) is 12.7. The molecule has 0 aliphatic heterocycles. The van der Waals surface area contributed by atoms with Crippen molar-refractivity contribution in [3.63, 3.8) is 0 Å². The Hall–Kier alpha value is -0.780. The van der Waals surface area contributed by atoms with E-state index in [1.54, 1.807) is 11.1 Å². The first-order chi connectivity index (χ1) is 7.98. The second-order valence-corrected chi connectivity index (χ2v) is 6.68. The maximum Gasteiger partial charge on any atom is -0.0129 e. The molecule has 0 unspecified atom stereocenters.